The standard InChI is InChI=1S/C71H108O6/c1-4-7-10-13-16-19-21-23-25-27-28-29-30-31-32-33-34-35-36-37-38-39-40-41-42-44-45-47-49-52-55-58-61-64-70(73)76-67-68(66-75-69(72)63-60-57-54-51-18-15-12-9-6-3)77-71(74)65-62-59-56-53-50-48-46-43-26-24-22-20-17-14-11-8-5-2/h7-8,10-11,16-17,19-20,23-26,28-29,31-32,34-35,37-38,40-41,44-46,48-49,52-53,56,68H,4-6,9,12-15,18,21-22,27,30,33,36,39,42-43,47,50-51,54-55,57-67H2,1-3H3/b10-7-,11-8-,19-16-,20-17-,25-23-,26-24-,29-28-,32-31-,35-34-,38-37-,41-40-,45-44-,48-46-,52-49-,56-53-. The summed E-state index contributed by atoms with van der Waals surface area (Å²) in [4.78, 5) is 38.0. The minimum atomic E-state index is -0.833. The lowest BCUT2D eigenvalue weighted by atomic mass is 10.1. The lowest BCUT2D eigenvalue weighted by Crippen LogP contribution is -2.30. The molecule has 6 heteroatoms. The summed E-state index contributed by atoms with van der Waals surface area (Å²) in [5.74, 6) is -1.04. The van der Waals surface area contributed by atoms with Gasteiger partial charge in [0.1, 0.15) is 13.2 Å². The van der Waals surface area contributed by atoms with E-state index in [0.29, 0.717) is 19.3 Å². The smallest absolute Gasteiger partial charge is 0.306 e. The van der Waals surface area contributed by atoms with Crippen LogP contribution in [0.2, 0.25) is 0 Å². The molecule has 0 aromatic carbocycles. The normalized spacial score (nSPS) is 13.4. The van der Waals surface area contributed by atoms with Gasteiger partial charge in [-0.1, -0.05) is 254 Å². The first-order valence-corrected chi connectivity index (χ1v) is 30.3. The Bertz CT molecular complexity index is 1840. The van der Waals surface area contributed by atoms with Gasteiger partial charge in [-0.25, -0.2) is 0 Å². The molecule has 0 aromatic heterocycles. The van der Waals surface area contributed by atoms with Gasteiger partial charge in [0, 0.05) is 19.3 Å². The molecule has 0 rings (SSSR count). The maximum Gasteiger partial charge on any atom is 0.306 e. The molecule has 0 saturated heterocycles. The lowest BCUT2D eigenvalue weighted by Gasteiger charge is -2.18. The molecule has 428 valence electrons. The van der Waals surface area contributed by atoms with Crippen LogP contribution >= 0.6 is 0 Å². The predicted octanol–water partition coefficient (Wildman–Crippen LogP) is 20.9. The molecule has 1 atom stereocenters. The molecule has 0 saturated carbocycles. The minimum Gasteiger partial charge on any atom is -0.462 e. The van der Waals surface area contributed by atoms with Gasteiger partial charge >= 0.3 is 17.9 Å². The highest BCUT2D eigenvalue weighted by Gasteiger charge is 2.19. The van der Waals surface area contributed by atoms with Crippen LogP contribution in [0.3, 0.4) is 0 Å². The van der Waals surface area contributed by atoms with Gasteiger partial charge in [0.05, 0.1) is 0 Å². The summed E-state index contributed by atoms with van der Waals surface area (Å²) < 4.78 is 16.7. The molecule has 1 unspecified atom stereocenters. The highest BCUT2D eigenvalue weighted by molar-refractivity contribution is 5.71. The topological polar surface area (TPSA) is 78.9 Å². The monoisotopic (exact) mass is 1060 g/mol. The van der Waals surface area contributed by atoms with Crippen LogP contribution in [0.5, 0.6) is 0 Å². The van der Waals surface area contributed by atoms with Crippen LogP contribution in [-0.4, -0.2) is 37.2 Å². The second-order valence-corrected chi connectivity index (χ2v) is 19.1. The second-order valence-electron chi connectivity index (χ2n) is 19.1. The number of carbonyl (C=O) groups is 3. The van der Waals surface area contributed by atoms with Crippen molar-refractivity contribution in [3.05, 3.63) is 182 Å². The van der Waals surface area contributed by atoms with E-state index in [9.17, 15) is 14.4 Å². The van der Waals surface area contributed by atoms with Crippen molar-refractivity contribution in [2.24, 2.45) is 0 Å². The molecule has 0 heterocycles. The van der Waals surface area contributed by atoms with Crippen LogP contribution in [0.15, 0.2) is 182 Å². The molecular weight excluding hydrogens is 949 g/mol. The average Bonchev–Trinajstić information content (AvgIpc) is 3.43. The fourth-order valence-electron chi connectivity index (χ4n) is 7.45. The van der Waals surface area contributed by atoms with E-state index in [1.807, 2.05) is 0 Å². The molecule has 0 amide bonds. The minimum absolute atomic E-state index is 0.122. The zero-order chi connectivity index (χ0) is 55.7. The zero-order valence-electron chi connectivity index (χ0n) is 48.9. The number of unbranched alkanes of at least 4 members (excludes halogenated alkanes) is 11. The summed E-state index contributed by atoms with van der Waals surface area (Å²) in [6, 6.07) is 0. The van der Waals surface area contributed by atoms with Crippen LogP contribution in [-0.2, 0) is 28.6 Å². The molecule has 0 spiro atoms. The highest BCUT2D eigenvalue weighted by atomic mass is 16.6. The average molecular weight is 1060 g/mol. The third-order valence-electron chi connectivity index (χ3n) is 11.9. The Morgan fingerprint density at radius 1 is 0.273 bits per heavy atom. The summed E-state index contributed by atoms with van der Waals surface area (Å²) >= 11 is 0. The number of allylic oxidation sites excluding steroid dienone is 30. The van der Waals surface area contributed by atoms with E-state index >= 15 is 0 Å². The van der Waals surface area contributed by atoms with Crippen molar-refractivity contribution < 1.29 is 28.6 Å². The first kappa shape index (κ1) is 71.5. The number of esters is 3. The maximum absolute atomic E-state index is 12.8. The van der Waals surface area contributed by atoms with Gasteiger partial charge in [0.15, 0.2) is 6.10 Å². The first-order valence-electron chi connectivity index (χ1n) is 30.3. The molecule has 0 aliphatic rings. The SMILES string of the molecule is CC/C=C\C/C=C\C/C=C\C/C=C\C/C=C\C/C=C\C/C=C\C/C=C\C/C=C\C/C=C\CCCCC(=O)OCC(COC(=O)CCCCCCCCCCC)OC(=O)CCC/C=C\C/C=C\C/C=C\C/C=C\C/C=C\CC. The highest BCUT2D eigenvalue weighted by Crippen LogP contribution is 2.12. The summed E-state index contributed by atoms with van der Waals surface area (Å²) in [6.45, 7) is 6.28. The molecule has 77 heavy (non-hydrogen) atoms. The van der Waals surface area contributed by atoms with Crippen molar-refractivity contribution in [1.82, 2.24) is 0 Å². The van der Waals surface area contributed by atoms with Crippen LogP contribution in [0.4, 0.5) is 0 Å². The third-order valence-corrected chi connectivity index (χ3v) is 11.9. The number of hydrogen-bond acceptors (Lipinski definition) is 6. The molecule has 0 bridgehead atoms. The van der Waals surface area contributed by atoms with E-state index in [1.165, 1.54) is 38.5 Å². The Kier molecular flexibility index (Phi) is 58.6. The number of carbonyl (C=O) groups excluding carboxylic acids is 3. The summed E-state index contributed by atoms with van der Waals surface area (Å²) in [5.41, 5.74) is 0. The van der Waals surface area contributed by atoms with Crippen molar-refractivity contribution in [2.75, 3.05) is 13.2 Å². The quantitative estimate of drug-likeness (QED) is 0.0261. The summed E-state index contributed by atoms with van der Waals surface area (Å²) in [7, 11) is 0. The lowest BCUT2D eigenvalue weighted by molar-refractivity contribution is -0.167. The van der Waals surface area contributed by atoms with Gasteiger partial charge in [0.25, 0.3) is 0 Å². The van der Waals surface area contributed by atoms with E-state index in [-0.39, 0.29) is 44.0 Å². The predicted molar refractivity (Wildman–Crippen MR) is 334 cm³/mol. The van der Waals surface area contributed by atoms with Gasteiger partial charge < -0.3 is 14.2 Å². The number of hydrogen-bond donors (Lipinski definition) is 0. The van der Waals surface area contributed by atoms with Crippen molar-refractivity contribution >= 4 is 17.9 Å². The van der Waals surface area contributed by atoms with Crippen LogP contribution in [0.1, 0.15) is 226 Å². The van der Waals surface area contributed by atoms with Crippen LogP contribution in [0, 0.1) is 0 Å². The molecule has 6 nitrogen and oxygen atoms in total. The summed E-state index contributed by atoms with van der Waals surface area (Å²) in [5, 5.41) is 0. The molecular formula is C71H108O6. The fraction of sp³-hybridized carbons (Fsp3) is 0.535. The Hall–Kier alpha value is -5.49. The Balaban J connectivity index is 4.40. The van der Waals surface area contributed by atoms with Gasteiger partial charge in [0.2, 0.25) is 0 Å². The van der Waals surface area contributed by atoms with E-state index in [0.717, 1.165) is 135 Å². The number of rotatable bonds is 52. The fourth-order valence-corrected chi connectivity index (χ4v) is 7.45. The van der Waals surface area contributed by atoms with Crippen LogP contribution in [0.25, 0.3) is 0 Å². The first-order chi connectivity index (χ1) is 38.0. The molecule has 0 fully saturated rings. The van der Waals surface area contributed by atoms with Crippen molar-refractivity contribution in [2.45, 2.75) is 232 Å². The molecule has 0 N–H and O–H groups in total. The molecule has 0 aliphatic heterocycles. The molecule has 0 aromatic rings. The van der Waals surface area contributed by atoms with Gasteiger partial charge in [-0.15, -0.1) is 0 Å². The largest absolute Gasteiger partial charge is 0.462 e. The van der Waals surface area contributed by atoms with Gasteiger partial charge in [-0.2, -0.15) is 0 Å². The van der Waals surface area contributed by atoms with Crippen molar-refractivity contribution in [3.63, 3.8) is 0 Å². The van der Waals surface area contributed by atoms with Gasteiger partial charge in [-0.3, -0.25) is 14.4 Å². The van der Waals surface area contributed by atoms with Gasteiger partial charge in [-0.05, 0) is 135 Å². The van der Waals surface area contributed by atoms with E-state index in [4.69, 9.17) is 14.2 Å². The third kappa shape index (κ3) is 61.2. The maximum atomic E-state index is 12.8. The Morgan fingerprint density at radius 3 is 0.831 bits per heavy atom. The second kappa shape index (κ2) is 63.0. The molecule has 0 aliphatic carbocycles. The van der Waals surface area contributed by atoms with Crippen molar-refractivity contribution in [1.29, 1.82) is 0 Å². The van der Waals surface area contributed by atoms with E-state index in [1.54, 1.807) is 0 Å². The Labute approximate surface area is 472 Å². The summed E-state index contributed by atoms with van der Waals surface area (Å²) in [6.07, 6.45) is 94.8. The zero-order valence-corrected chi connectivity index (χ0v) is 48.9. The Morgan fingerprint density at radius 2 is 0.519 bits per heavy atom. The number of ether oxygens (including phenoxy) is 3. The van der Waals surface area contributed by atoms with Crippen LogP contribution < -0.4 is 0 Å². The van der Waals surface area contributed by atoms with Crippen molar-refractivity contribution in [3.8, 4) is 0 Å². The van der Waals surface area contributed by atoms with E-state index < -0.39 is 6.10 Å². The molecule has 0 radical (unpaired) electrons. The van der Waals surface area contributed by atoms with E-state index in [2.05, 4.69) is 203 Å².